The summed E-state index contributed by atoms with van der Waals surface area (Å²) in [5.74, 6) is 0.493. The van der Waals surface area contributed by atoms with Crippen LogP contribution in [0.3, 0.4) is 0 Å². The molecule has 0 aromatic rings. The fraction of sp³-hybridized carbons (Fsp3) is 0.857. The molecule has 0 aliphatic heterocycles. The Morgan fingerprint density at radius 1 is 1.56 bits per heavy atom. The number of ketones is 1. The zero-order chi connectivity index (χ0) is 7.07. The highest BCUT2D eigenvalue weighted by molar-refractivity contribution is 5.84. The number of hydrogen-bond acceptors (Lipinski definition) is 2. The van der Waals surface area contributed by atoms with Gasteiger partial charge in [0.1, 0.15) is 5.78 Å². The molecule has 0 amide bonds. The minimum Gasteiger partial charge on any atom is -0.390 e. The van der Waals surface area contributed by atoms with Gasteiger partial charge in [-0.2, -0.15) is 0 Å². The van der Waals surface area contributed by atoms with Crippen molar-refractivity contribution >= 4 is 5.78 Å². The van der Waals surface area contributed by atoms with Gasteiger partial charge in [0.05, 0.1) is 5.60 Å². The molecular weight excluding hydrogens is 116 g/mol. The third kappa shape index (κ3) is 1.30. The Balaban J connectivity index is 2.40. The largest absolute Gasteiger partial charge is 0.390 e. The van der Waals surface area contributed by atoms with Crippen LogP contribution in [0.5, 0.6) is 0 Å². The zero-order valence-corrected chi connectivity index (χ0v) is 5.85. The minimum atomic E-state index is -0.645. The van der Waals surface area contributed by atoms with Crippen molar-refractivity contribution in [2.75, 3.05) is 0 Å². The second-order valence-electron chi connectivity index (χ2n) is 3.30. The van der Waals surface area contributed by atoms with Crippen LogP contribution in [0.2, 0.25) is 0 Å². The van der Waals surface area contributed by atoms with Crippen molar-refractivity contribution < 1.29 is 9.90 Å². The van der Waals surface area contributed by atoms with Gasteiger partial charge in [-0.1, -0.05) is 0 Å². The van der Waals surface area contributed by atoms with E-state index in [1.165, 1.54) is 0 Å². The first-order chi connectivity index (χ1) is 4.00. The third-order valence-electron chi connectivity index (χ3n) is 1.95. The number of carbonyl (C=O) groups is 1. The highest BCUT2D eigenvalue weighted by Gasteiger charge is 2.37. The molecule has 52 valence electrons. The van der Waals surface area contributed by atoms with Crippen LogP contribution >= 0.6 is 0 Å². The van der Waals surface area contributed by atoms with Crippen LogP contribution in [-0.2, 0) is 4.79 Å². The van der Waals surface area contributed by atoms with E-state index in [0.717, 1.165) is 0 Å². The molecule has 1 fully saturated rings. The van der Waals surface area contributed by atoms with E-state index >= 15 is 0 Å². The van der Waals surface area contributed by atoms with Gasteiger partial charge in [-0.3, -0.25) is 4.79 Å². The average molecular weight is 128 g/mol. The molecular formula is C7H12O2. The van der Waals surface area contributed by atoms with Crippen molar-refractivity contribution in [3.8, 4) is 0 Å². The van der Waals surface area contributed by atoms with Gasteiger partial charge in [-0.15, -0.1) is 0 Å². The first-order valence-electron chi connectivity index (χ1n) is 3.24. The number of aliphatic hydroxyl groups is 1. The molecule has 1 aliphatic carbocycles. The molecule has 0 radical (unpaired) electrons. The van der Waals surface area contributed by atoms with Crippen LogP contribution in [0.1, 0.15) is 26.7 Å². The molecule has 0 atom stereocenters. The maximum atomic E-state index is 10.4. The quantitative estimate of drug-likeness (QED) is 0.565. The number of hydrogen-bond donors (Lipinski definition) is 1. The molecule has 0 aromatic carbocycles. The van der Waals surface area contributed by atoms with Gasteiger partial charge in [-0.05, 0) is 13.8 Å². The molecule has 0 bridgehead atoms. The molecule has 0 aromatic heterocycles. The van der Waals surface area contributed by atoms with Crippen molar-refractivity contribution in [1.29, 1.82) is 0 Å². The molecule has 2 heteroatoms. The van der Waals surface area contributed by atoms with E-state index in [1.54, 1.807) is 13.8 Å². The topological polar surface area (TPSA) is 37.3 Å². The standard InChI is InChI=1S/C7H12O2/c1-7(2,9)5-3-6(8)4-5/h5,9H,3-4H2,1-2H3. The van der Waals surface area contributed by atoms with E-state index < -0.39 is 5.60 Å². The highest BCUT2D eigenvalue weighted by Crippen LogP contribution is 2.32. The van der Waals surface area contributed by atoms with E-state index in [9.17, 15) is 9.90 Å². The Hall–Kier alpha value is -0.370. The van der Waals surface area contributed by atoms with E-state index in [1.807, 2.05) is 0 Å². The summed E-state index contributed by atoms with van der Waals surface area (Å²) in [7, 11) is 0. The van der Waals surface area contributed by atoms with E-state index in [-0.39, 0.29) is 11.7 Å². The lowest BCUT2D eigenvalue weighted by molar-refractivity contribution is -0.134. The number of carbonyl (C=O) groups excluding carboxylic acids is 1. The smallest absolute Gasteiger partial charge is 0.133 e. The van der Waals surface area contributed by atoms with Crippen molar-refractivity contribution in [2.24, 2.45) is 5.92 Å². The summed E-state index contributed by atoms with van der Waals surface area (Å²) >= 11 is 0. The van der Waals surface area contributed by atoms with Gasteiger partial charge in [0.15, 0.2) is 0 Å². The second-order valence-corrected chi connectivity index (χ2v) is 3.30. The molecule has 1 saturated carbocycles. The van der Waals surface area contributed by atoms with Gasteiger partial charge < -0.3 is 5.11 Å². The van der Waals surface area contributed by atoms with Gasteiger partial charge in [0.25, 0.3) is 0 Å². The maximum absolute atomic E-state index is 10.4. The zero-order valence-electron chi connectivity index (χ0n) is 5.85. The summed E-state index contributed by atoms with van der Waals surface area (Å²) < 4.78 is 0. The molecule has 1 N–H and O–H groups in total. The summed E-state index contributed by atoms with van der Waals surface area (Å²) in [6, 6.07) is 0. The van der Waals surface area contributed by atoms with Gasteiger partial charge in [0, 0.05) is 18.8 Å². The van der Waals surface area contributed by atoms with Crippen LogP contribution in [-0.4, -0.2) is 16.5 Å². The van der Waals surface area contributed by atoms with Crippen LogP contribution in [0.25, 0.3) is 0 Å². The highest BCUT2D eigenvalue weighted by atomic mass is 16.3. The molecule has 0 heterocycles. The first-order valence-corrected chi connectivity index (χ1v) is 3.24. The molecule has 0 saturated heterocycles. The molecule has 2 nitrogen and oxygen atoms in total. The summed E-state index contributed by atoms with van der Waals surface area (Å²) in [4.78, 5) is 10.4. The minimum absolute atomic E-state index is 0.213. The Morgan fingerprint density at radius 2 is 2.00 bits per heavy atom. The predicted octanol–water partition coefficient (Wildman–Crippen LogP) is 0.736. The van der Waals surface area contributed by atoms with Crippen LogP contribution < -0.4 is 0 Å². The Labute approximate surface area is 54.9 Å². The van der Waals surface area contributed by atoms with E-state index in [4.69, 9.17) is 0 Å². The van der Waals surface area contributed by atoms with Gasteiger partial charge >= 0.3 is 0 Å². The van der Waals surface area contributed by atoms with E-state index in [0.29, 0.717) is 12.8 Å². The Kier molecular flexibility index (Phi) is 1.35. The monoisotopic (exact) mass is 128 g/mol. The van der Waals surface area contributed by atoms with E-state index in [2.05, 4.69) is 0 Å². The lowest BCUT2D eigenvalue weighted by atomic mass is 9.74. The Bertz CT molecular complexity index is 124. The van der Waals surface area contributed by atoms with Crippen molar-refractivity contribution in [3.05, 3.63) is 0 Å². The van der Waals surface area contributed by atoms with Crippen LogP contribution in [0, 0.1) is 5.92 Å². The second kappa shape index (κ2) is 1.81. The molecule has 1 rings (SSSR count). The summed E-state index contributed by atoms with van der Waals surface area (Å²) in [5.41, 5.74) is -0.645. The number of Topliss-reactive ketones (excluding diaryl/α,β-unsaturated/α-hetero) is 1. The van der Waals surface area contributed by atoms with Crippen molar-refractivity contribution in [1.82, 2.24) is 0 Å². The lowest BCUT2D eigenvalue weighted by Crippen LogP contribution is -2.40. The van der Waals surface area contributed by atoms with Gasteiger partial charge in [0.2, 0.25) is 0 Å². The lowest BCUT2D eigenvalue weighted by Gasteiger charge is -2.34. The molecule has 9 heavy (non-hydrogen) atoms. The fourth-order valence-corrected chi connectivity index (χ4v) is 0.989. The average Bonchev–Trinajstić information content (AvgIpc) is 1.55. The predicted molar refractivity (Wildman–Crippen MR) is 34.0 cm³/mol. The Morgan fingerprint density at radius 3 is 2.11 bits per heavy atom. The third-order valence-corrected chi connectivity index (χ3v) is 1.95. The molecule has 0 spiro atoms. The first kappa shape index (κ1) is 6.75. The summed E-state index contributed by atoms with van der Waals surface area (Å²) in [5, 5.41) is 9.30. The fourth-order valence-electron chi connectivity index (χ4n) is 0.989. The molecule has 0 unspecified atom stereocenters. The maximum Gasteiger partial charge on any atom is 0.133 e. The van der Waals surface area contributed by atoms with Gasteiger partial charge in [-0.25, -0.2) is 0 Å². The SMILES string of the molecule is CC(C)(O)C1CC(=O)C1. The normalized spacial score (nSPS) is 21.9. The van der Waals surface area contributed by atoms with Crippen molar-refractivity contribution in [2.45, 2.75) is 32.3 Å². The van der Waals surface area contributed by atoms with Crippen LogP contribution in [0.4, 0.5) is 0 Å². The van der Waals surface area contributed by atoms with Crippen molar-refractivity contribution in [3.63, 3.8) is 0 Å². The molecule has 1 aliphatic rings. The summed E-state index contributed by atoms with van der Waals surface area (Å²) in [6.45, 7) is 3.51. The number of rotatable bonds is 1. The van der Waals surface area contributed by atoms with Crippen LogP contribution in [0.15, 0.2) is 0 Å². The summed E-state index contributed by atoms with van der Waals surface area (Å²) in [6.07, 6.45) is 1.15.